The van der Waals surface area contributed by atoms with Crippen molar-refractivity contribution in [2.45, 2.75) is 98.7 Å². The van der Waals surface area contributed by atoms with E-state index in [-0.39, 0.29) is 0 Å². The van der Waals surface area contributed by atoms with Gasteiger partial charge in [-0.25, -0.2) is 0 Å². The van der Waals surface area contributed by atoms with Crippen LogP contribution in [0.25, 0.3) is 0 Å². The van der Waals surface area contributed by atoms with E-state index < -0.39 is 46.5 Å². The zero-order valence-corrected chi connectivity index (χ0v) is 21.6. The molecule has 184 valence electrons. The molecular formula is C19H45NO9Si. The molecule has 0 aromatic rings. The van der Waals surface area contributed by atoms with Crippen molar-refractivity contribution in [1.82, 2.24) is 0 Å². The number of nitrogens with two attached hydrogens (primary N) is 1. The molecule has 0 heterocycles. The lowest BCUT2D eigenvalue weighted by atomic mass is 10.6. The molecule has 0 saturated heterocycles. The molecule has 11 heteroatoms. The highest BCUT2D eigenvalue weighted by Gasteiger charge is 2.46. The second kappa shape index (κ2) is 18.4. The van der Waals surface area contributed by atoms with Crippen LogP contribution in [0.5, 0.6) is 0 Å². The maximum atomic E-state index is 6.17. The highest BCUT2D eigenvalue weighted by atomic mass is 28.4. The van der Waals surface area contributed by atoms with Crippen molar-refractivity contribution in [2.24, 2.45) is 5.73 Å². The molecular weight excluding hydrogens is 414 g/mol. The van der Waals surface area contributed by atoms with Crippen LogP contribution < -0.4 is 5.73 Å². The van der Waals surface area contributed by atoms with Crippen LogP contribution in [0.2, 0.25) is 6.04 Å². The first-order chi connectivity index (χ1) is 14.1. The summed E-state index contributed by atoms with van der Waals surface area (Å²) in [5, 5.41) is 0. The highest BCUT2D eigenvalue weighted by molar-refractivity contribution is 6.60. The van der Waals surface area contributed by atoms with E-state index in [9.17, 15) is 0 Å². The Labute approximate surface area is 183 Å². The first kappa shape index (κ1) is 32.0. The molecule has 0 fully saturated rings. The molecule has 6 atom stereocenters. The summed E-state index contributed by atoms with van der Waals surface area (Å²) in [6.07, 6.45) is -2.39. The van der Waals surface area contributed by atoms with Gasteiger partial charge in [0.05, 0.1) is 0 Å². The van der Waals surface area contributed by atoms with Crippen molar-refractivity contribution in [2.75, 3.05) is 28.4 Å². The van der Waals surface area contributed by atoms with Crippen LogP contribution in [-0.2, 0) is 41.7 Å². The molecule has 0 aromatic heterocycles. The van der Waals surface area contributed by atoms with Gasteiger partial charge < -0.3 is 47.4 Å². The van der Waals surface area contributed by atoms with E-state index in [4.69, 9.17) is 41.7 Å². The van der Waals surface area contributed by atoms with Gasteiger partial charge in [0, 0.05) is 27.4 Å². The Morgan fingerprint density at radius 3 is 1.03 bits per heavy atom. The van der Waals surface area contributed by atoms with Crippen LogP contribution in [0.1, 0.15) is 54.9 Å². The monoisotopic (exact) mass is 459 g/mol. The van der Waals surface area contributed by atoms with Crippen LogP contribution in [0.15, 0.2) is 0 Å². The van der Waals surface area contributed by atoms with Gasteiger partial charge >= 0.3 is 8.80 Å². The maximum Gasteiger partial charge on any atom is 0.506 e. The van der Waals surface area contributed by atoms with Gasteiger partial charge in [0.15, 0.2) is 37.7 Å². The van der Waals surface area contributed by atoms with Crippen LogP contribution in [-0.4, -0.2) is 74.9 Å². The van der Waals surface area contributed by atoms with E-state index in [0.717, 1.165) is 6.42 Å². The quantitative estimate of drug-likeness (QED) is 0.257. The van der Waals surface area contributed by atoms with Crippen LogP contribution in [0, 0.1) is 0 Å². The van der Waals surface area contributed by atoms with Gasteiger partial charge in [-0.1, -0.05) is 13.3 Å². The molecule has 0 amide bonds. The largest absolute Gasteiger partial charge is 0.506 e. The van der Waals surface area contributed by atoms with Crippen LogP contribution in [0.3, 0.4) is 0 Å². The fourth-order valence-corrected chi connectivity index (χ4v) is 5.20. The summed E-state index contributed by atoms with van der Waals surface area (Å²) < 4.78 is 50.9. The molecule has 0 rings (SSSR count). The van der Waals surface area contributed by atoms with Gasteiger partial charge in [0.1, 0.15) is 0 Å². The molecule has 0 aliphatic rings. The Balaban J connectivity index is 0. The van der Waals surface area contributed by atoms with E-state index >= 15 is 0 Å². The minimum atomic E-state index is -3.27. The molecule has 0 aliphatic carbocycles. The summed E-state index contributed by atoms with van der Waals surface area (Å²) in [4.78, 5) is 0. The molecule has 10 nitrogen and oxygen atoms in total. The Hall–Kier alpha value is -0.183. The lowest BCUT2D eigenvalue weighted by molar-refractivity contribution is -0.251. The first-order valence-corrected chi connectivity index (χ1v) is 12.2. The second-order valence-electron chi connectivity index (χ2n) is 6.31. The smallest absolute Gasteiger partial charge is 0.356 e. The average molecular weight is 460 g/mol. The summed E-state index contributed by atoms with van der Waals surface area (Å²) in [7, 11) is 2.92. The molecule has 0 bridgehead atoms. The zero-order chi connectivity index (χ0) is 23.7. The summed E-state index contributed by atoms with van der Waals surface area (Å²) in [6.45, 7) is 12.7. The summed E-state index contributed by atoms with van der Waals surface area (Å²) in [5.74, 6) is 0. The van der Waals surface area contributed by atoms with Gasteiger partial charge in [-0.15, -0.1) is 0 Å². The van der Waals surface area contributed by atoms with Gasteiger partial charge in [0.25, 0.3) is 0 Å². The third kappa shape index (κ3) is 14.8. The molecule has 0 aliphatic heterocycles. The fraction of sp³-hybridized carbons (Fsp3) is 1.00. The Morgan fingerprint density at radius 1 is 0.567 bits per heavy atom. The molecule has 0 spiro atoms. The molecule has 2 N–H and O–H groups in total. The normalized spacial score (nSPS) is 19.6. The van der Waals surface area contributed by atoms with Crippen molar-refractivity contribution in [3.05, 3.63) is 0 Å². The number of hydrogen-bond donors (Lipinski definition) is 1. The second-order valence-corrected chi connectivity index (χ2v) is 8.88. The molecule has 0 radical (unpaired) electrons. The maximum absolute atomic E-state index is 6.17. The zero-order valence-electron chi connectivity index (χ0n) is 20.6. The number of ether oxygens (including phenoxy) is 6. The van der Waals surface area contributed by atoms with Crippen molar-refractivity contribution in [3.8, 4) is 0 Å². The van der Waals surface area contributed by atoms with E-state index in [0.29, 0.717) is 6.04 Å². The number of methoxy groups -OCH3 is 3. The van der Waals surface area contributed by atoms with E-state index in [1.54, 1.807) is 62.9 Å². The number of rotatable bonds is 17. The lowest BCUT2D eigenvalue weighted by Crippen LogP contribution is -2.53. The van der Waals surface area contributed by atoms with E-state index in [2.05, 4.69) is 5.73 Å². The Morgan fingerprint density at radius 2 is 0.833 bits per heavy atom. The first-order valence-electron chi connectivity index (χ1n) is 10.3. The minimum absolute atomic E-state index is 0.437. The highest BCUT2D eigenvalue weighted by Crippen LogP contribution is 2.26. The van der Waals surface area contributed by atoms with Crippen molar-refractivity contribution in [1.29, 1.82) is 0 Å². The lowest BCUT2D eigenvalue weighted by Gasteiger charge is -2.37. The predicted octanol–water partition coefficient (Wildman–Crippen LogP) is 3.03. The van der Waals surface area contributed by atoms with E-state index in [1.807, 2.05) is 6.92 Å². The van der Waals surface area contributed by atoms with Crippen molar-refractivity contribution in [3.63, 3.8) is 0 Å². The minimum Gasteiger partial charge on any atom is -0.356 e. The van der Waals surface area contributed by atoms with Crippen molar-refractivity contribution < 1.29 is 41.7 Å². The molecule has 6 unspecified atom stereocenters. The van der Waals surface area contributed by atoms with Gasteiger partial charge in [-0.2, -0.15) is 0 Å². The summed E-state index contributed by atoms with van der Waals surface area (Å²) in [5.41, 5.74) is 4.50. The number of hydrogen-bond acceptors (Lipinski definition) is 10. The van der Waals surface area contributed by atoms with Gasteiger partial charge in [0.2, 0.25) is 0 Å². The Kier molecular flexibility index (Phi) is 19.6. The van der Waals surface area contributed by atoms with Crippen molar-refractivity contribution >= 4 is 8.80 Å². The third-order valence-electron chi connectivity index (χ3n) is 3.74. The summed E-state index contributed by atoms with van der Waals surface area (Å²) >= 11 is 0. The van der Waals surface area contributed by atoms with Crippen LogP contribution in [0.4, 0.5) is 0 Å². The van der Waals surface area contributed by atoms with Gasteiger partial charge in [-0.3, -0.25) is 0 Å². The topological polar surface area (TPSA) is 109 Å². The predicted molar refractivity (Wildman–Crippen MR) is 115 cm³/mol. The fourth-order valence-electron chi connectivity index (χ4n) is 2.38. The average Bonchev–Trinajstić information content (AvgIpc) is 2.68. The molecule has 0 saturated carbocycles. The standard InChI is InChI=1S/C18H40O9Si.CH5N/c1-11-12-28(25-16(5)22-13(2)19-8,26-17(6)23-14(3)20-9)27-18(7)24-15(4)21-10;1-2/h13-18H,11-12H2,1-10H3;2H2,1H3. The molecule has 30 heavy (non-hydrogen) atoms. The Bertz CT molecular complexity index is 345. The van der Waals surface area contributed by atoms with Crippen LogP contribution >= 0.6 is 0 Å². The van der Waals surface area contributed by atoms with Gasteiger partial charge in [-0.05, 0) is 48.6 Å². The van der Waals surface area contributed by atoms with E-state index in [1.165, 1.54) is 7.05 Å². The SMILES string of the molecule is CCC[Si](OC(C)OC(C)OC)(OC(C)OC(C)OC)OC(C)OC(C)OC.CN. The summed E-state index contributed by atoms with van der Waals surface area (Å²) in [6, 6.07) is 0.548. The molecule has 0 aromatic carbocycles. The third-order valence-corrected chi connectivity index (χ3v) is 6.92.